The van der Waals surface area contributed by atoms with Gasteiger partial charge in [-0.2, -0.15) is 0 Å². The van der Waals surface area contributed by atoms with E-state index in [9.17, 15) is 4.79 Å². The van der Waals surface area contributed by atoms with Gasteiger partial charge in [0.1, 0.15) is 5.75 Å². The zero-order valence-corrected chi connectivity index (χ0v) is 12.2. The van der Waals surface area contributed by atoms with E-state index in [-0.39, 0.29) is 5.91 Å². The average Bonchev–Trinajstić information content (AvgIpc) is 2.54. The summed E-state index contributed by atoms with van der Waals surface area (Å²) >= 11 is 0. The lowest BCUT2D eigenvalue weighted by Gasteiger charge is -2.06. The Morgan fingerprint density at radius 3 is 2.29 bits per heavy atom. The molecule has 0 aliphatic heterocycles. The molecule has 0 aliphatic rings. The predicted molar refractivity (Wildman–Crippen MR) is 78.9 cm³/mol. The van der Waals surface area contributed by atoms with Gasteiger partial charge in [0.05, 0.1) is 12.8 Å². The van der Waals surface area contributed by atoms with E-state index in [0.717, 1.165) is 37.0 Å². The zero-order chi connectivity index (χ0) is 15.5. The van der Waals surface area contributed by atoms with Gasteiger partial charge in [0, 0.05) is 6.42 Å². The van der Waals surface area contributed by atoms with E-state index in [1.807, 2.05) is 24.3 Å². The van der Waals surface area contributed by atoms with Crippen molar-refractivity contribution in [2.75, 3.05) is 7.11 Å². The number of hydrogen-bond donors (Lipinski definition) is 3. The van der Waals surface area contributed by atoms with Crippen molar-refractivity contribution in [3.8, 4) is 5.75 Å². The molecule has 116 valence electrons. The van der Waals surface area contributed by atoms with Gasteiger partial charge in [-0.1, -0.05) is 18.0 Å². The van der Waals surface area contributed by atoms with Gasteiger partial charge in [-0.15, -0.1) is 0 Å². The van der Waals surface area contributed by atoms with Crippen molar-refractivity contribution in [3.05, 3.63) is 29.8 Å². The van der Waals surface area contributed by atoms with E-state index < -0.39 is 0 Å². The van der Waals surface area contributed by atoms with Gasteiger partial charge < -0.3 is 9.94 Å². The Bertz CT molecular complexity index is 457. The number of carbonyl (C=O) groups is 1. The SMILES string of the molecule is COc1ccc(/C(CCCCCCC(=O)NO)=N/O)cc1. The van der Waals surface area contributed by atoms with E-state index >= 15 is 0 Å². The lowest BCUT2D eigenvalue weighted by atomic mass is 10.0. The van der Waals surface area contributed by atoms with Crippen LogP contribution in [0.3, 0.4) is 0 Å². The van der Waals surface area contributed by atoms with Crippen LogP contribution in [0, 0.1) is 0 Å². The molecule has 0 heterocycles. The lowest BCUT2D eigenvalue weighted by molar-refractivity contribution is -0.129. The van der Waals surface area contributed by atoms with Gasteiger partial charge >= 0.3 is 0 Å². The van der Waals surface area contributed by atoms with Crippen LogP contribution in [0.5, 0.6) is 5.75 Å². The van der Waals surface area contributed by atoms with Gasteiger partial charge in [0.15, 0.2) is 0 Å². The van der Waals surface area contributed by atoms with E-state index in [1.54, 1.807) is 12.6 Å². The maximum atomic E-state index is 10.8. The Kier molecular flexibility index (Phi) is 7.89. The molecule has 1 amide bonds. The molecule has 0 radical (unpaired) electrons. The van der Waals surface area contributed by atoms with Crippen molar-refractivity contribution in [2.24, 2.45) is 5.16 Å². The highest BCUT2D eigenvalue weighted by Crippen LogP contribution is 2.15. The summed E-state index contributed by atoms with van der Waals surface area (Å²) in [6.07, 6.45) is 4.46. The van der Waals surface area contributed by atoms with E-state index in [2.05, 4.69) is 5.16 Å². The van der Waals surface area contributed by atoms with E-state index in [4.69, 9.17) is 15.2 Å². The monoisotopic (exact) mass is 294 g/mol. The van der Waals surface area contributed by atoms with Gasteiger partial charge in [-0.3, -0.25) is 10.0 Å². The van der Waals surface area contributed by atoms with Crippen molar-refractivity contribution >= 4 is 11.6 Å². The summed E-state index contributed by atoms with van der Waals surface area (Å²) in [7, 11) is 1.60. The molecule has 21 heavy (non-hydrogen) atoms. The molecule has 1 aromatic rings. The number of hydroxylamine groups is 1. The van der Waals surface area contributed by atoms with Crippen molar-refractivity contribution in [1.29, 1.82) is 0 Å². The first-order chi connectivity index (χ1) is 10.2. The molecule has 0 bridgehead atoms. The molecule has 0 aromatic heterocycles. The van der Waals surface area contributed by atoms with Gasteiger partial charge in [-0.25, -0.2) is 5.48 Å². The Morgan fingerprint density at radius 2 is 1.76 bits per heavy atom. The number of hydrogen-bond acceptors (Lipinski definition) is 5. The Hall–Kier alpha value is -2.08. The third-order valence-electron chi connectivity index (χ3n) is 3.24. The van der Waals surface area contributed by atoms with Gasteiger partial charge in [-0.05, 0) is 49.1 Å². The van der Waals surface area contributed by atoms with Crippen molar-refractivity contribution in [2.45, 2.75) is 38.5 Å². The second-order valence-corrected chi connectivity index (χ2v) is 4.72. The topological polar surface area (TPSA) is 91.2 Å². The molecule has 1 aromatic carbocycles. The fraction of sp³-hybridized carbons (Fsp3) is 0.467. The number of ether oxygens (including phenoxy) is 1. The third kappa shape index (κ3) is 6.27. The molecule has 0 atom stereocenters. The van der Waals surface area contributed by atoms with Crippen molar-refractivity contribution in [3.63, 3.8) is 0 Å². The normalized spacial score (nSPS) is 11.2. The smallest absolute Gasteiger partial charge is 0.243 e. The molecular weight excluding hydrogens is 272 g/mol. The number of rotatable bonds is 9. The summed E-state index contributed by atoms with van der Waals surface area (Å²) in [6.45, 7) is 0. The fourth-order valence-corrected chi connectivity index (χ4v) is 2.02. The maximum Gasteiger partial charge on any atom is 0.243 e. The maximum absolute atomic E-state index is 10.8. The molecule has 0 saturated carbocycles. The summed E-state index contributed by atoms with van der Waals surface area (Å²) in [5.74, 6) is 0.407. The first-order valence-corrected chi connectivity index (χ1v) is 6.99. The number of unbranched alkanes of at least 4 members (excludes halogenated alkanes) is 3. The molecule has 0 fully saturated rings. The molecular formula is C15H22N2O4. The Balaban J connectivity index is 2.30. The third-order valence-corrected chi connectivity index (χ3v) is 3.24. The Labute approximate surface area is 124 Å². The largest absolute Gasteiger partial charge is 0.497 e. The fourth-order valence-electron chi connectivity index (χ4n) is 2.02. The summed E-state index contributed by atoms with van der Waals surface area (Å²) in [5.41, 5.74) is 3.13. The minimum atomic E-state index is -0.356. The molecule has 0 aliphatic carbocycles. The summed E-state index contributed by atoms with van der Waals surface area (Å²) < 4.78 is 5.08. The van der Waals surface area contributed by atoms with Crippen LogP contribution in [-0.2, 0) is 4.79 Å². The minimum absolute atomic E-state index is 0.329. The summed E-state index contributed by atoms with van der Waals surface area (Å²) in [6, 6.07) is 7.38. The van der Waals surface area contributed by atoms with E-state index in [1.165, 1.54) is 0 Å². The highest BCUT2D eigenvalue weighted by atomic mass is 16.5. The molecule has 3 N–H and O–H groups in total. The average molecular weight is 294 g/mol. The van der Waals surface area contributed by atoms with Crippen LogP contribution in [0.4, 0.5) is 0 Å². The highest BCUT2D eigenvalue weighted by molar-refractivity contribution is 6.00. The van der Waals surface area contributed by atoms with Gasteiger partial charge in [0.25, 0.3) is 0 Å². The number of amides is 1. The molecule has 0 spiro atoms. The lowest BCUT2D eigenvalue weighted by Crippen LogP contribution is -2.17. The number of nitrogens with one attached hydrogen (secondary N) is 1. The van der Waals surface area contributed by atoms with Crippen LogP contribution in [-0.4, -0.2) is 29.1 Å². The first kappa shape index (κ1) is 17.0. The zero-order valence-electron chi connectivity index (χ0n) is 12.2. The van der Waals surface area contributed by atoms with Crippen LogP contribution >= 0.6 is 0 Å². The predicted octanol–water partition coefficient (Wildman–Crippen LogP) is 2.72. The standard InChI is InChI=1S/C15H22N2O4/c1-21-13-10-8-12(9-11-13)14(16-19)6-4-2-3-5-7-15(18)17-20/h8-11,19-20H,2-7H2,1H3,(H,17,18)/b16-14+. The van der Waals surface area contributed by atoms with Crippen molar-refractivity contribution < 1.29 is 19.9 Å². The van der Waals surface area contributed by atoms with Crippen LogP contribution in [0.1, 0.15) is 44.1 Å². The number of carbonyl (C=O) groups excluding carboxylic acids is 1. The van der Waals surface area contributed by atoms with E-state index in [0.29, 0.717) is 18.6 Å². The van der Waals surface area contributed by atoms with Crippen LogP contribution < -0.4 is 10.2 Å². The molecule has 6 heteroatoms. The van der Waals surface area contributed by atoms with Crippen LogP contribution in [0.2, 0.25) is 0 Å². The molecule has 0 saturated heterocycles. The summed E-state index contributed by atoms with van der Waals surface area (Å²) in [5, 5.41) is 20.8. The van der Waals surface area contributed by atoms with Gasteiger partial charge in [0.2, 0.25) is 5.91 Å². The highest BCUT2D eigenvalue weighted by Gasteiger charge is 2.05. The Morgan fingerprint density at radius 1 is 1.14 bits per heavy atom. The molecule has 0 unspecified atom stereocenters. The second-order valence-electron chi connectivity index (χ2n) is 4.72. The summed E-state index contributed by atoms with van der Waals surface area (Å²) in [4.78, 5) is 10.8. The number of nitrogens with zero attached hydrogens (tertiary/aromatic N) is 1. The first-order valence-electron chi connectivity index (χ1n) is 6.99. The number of methoxy groups -OCH3 is 1. The minimum Gasteiger partial charge on any atom is -0.497 e. The number of oxime groups is 1. The van der Waals surface area contributed by atoms with Crippen LogP contribution in [0.15, 0.2) is 29.4 Å². The van der Waals surface area contributed by atoms with Crippen LogP contribution in [0.25, 0.3) is 0 Å². The molecule has 1 rings (SSSR count). The second kappa shape index (κ2) is 9.77. The number of benzene rings is 1. The van der Waals surface area contributed by atoms with Crippen molar-refractivity contribution in [1.82, 2.24) is 5.48 Å². The quantitative estimate of drug-likeness (QED) is 0.215. The molecule has 6 nitrogen and oxygen atoms in total.